The molecule has 1 aromatic carbocycles. The van der Waals surface area contributed by atoms with Gasteiger partial charge in [0.2, 0.25) is 0 Å². The summed E-state index contributed by atoms with van der Waals surface area (Å²) >= 11 is 0. The first-order valence-corrected chi connectivity index (χ1v) is 4.80. The quantitative estimate of drug-likeness (QED) is 0.718. The summed E-state index contributed by atoms with van der Waals surface area (Å²) in [5.41, 5.74) is 1.91. The topological polar surface area (TPSA) is 23.8 Å². The maximum atomic E-state index is 13.1. The second-order valence-corrected chi connectivity index (χ2v) is 3.71. The van der Waals surface area contributed by atoms with E-state index in [0.29, 0.717) is 18.8 Å². The minimum atomic E-state index is -0.205. The Hall–Kier alpha value is -1.36. The Morgan fingerprint density at radius 2 is 2.07 bits per heavy atom. The third-order valence-electron chi connectivity index (χ3n) is 2.17. The van der Waals surface area contributed by atoms with Gasteiger partial charge < -0.3 is 0 Å². The molecule has 0 bridgehead atoms. The molecule has 0 aliphatic heterocycles. The van der Waals surface area contributed by atoms with Crippen molar-refractivity contribution in [1.82, 2.24) is 0 Å². The van der Waals surface area contributed by atoms with E-state index in [9.17, 15) is 4.39 Å². The van der Waals surface area contributed by atoms with Crippen LogP contribution in [0.25, 0.3) is 0 Å². The molecule has 1 aromatic rings. The lowest BCUT2D eigenvalue weighted by Crippen LogP contribution is -1.93. The largest absolute Gasteiger partial charge is 0.207 e. The van der Waals surface area contributed by atoms with Gasteiger partial charge in [0.15, 0.2) is 0 Å². The fourth-order valence-corrected chi connectivity index (χ4v) is 1.35. The highest BCUT2D eigenvalue weighted by Crippen LogP contribution is 2.18. The van der Waals surface area contributed by atoms with Crippen LogP contribution in [0.4, 0.5) is 4.39 Å². The molecule has 0 radical (unpaired) electrons. The SMILES string of the molecule is CC(C)c1cc(F)cc(CCC#N)c1. The Kier molecular flexibility index (Phi) is 3.64. The molecule has 0 saturated heterocycles. The molecule has 14 heavy (non-hydrogen) atoms. The van der Waals surface area contributed by atoms with Crippen LogP contribution < -0.4 is 0 Å². The van der Waals surface area contributed by atoms with E-state index in [1.807, 2.05) is 19.9 Å². The zero-order valence-corrected chi connectivity index (χ0v) is 8.55. The smallest absolute Gasteiger partial charge is 0.123 e. The number of benzene rings is 1. The number of nitriles is 1. The number of halogens is 1. The first-order chi connectivity index (χ1) is 6.63. The molecule has 0 aliphatic rings. The van der Waals surface area contributed by atoms with Gasteiger partial charge in [-0.25, -0.2) is 4.39 Å². The van der Waals surface area contributed by atoms with Crippen LogP contribution in [0.3, 0.4) is 0 Å². The molecule has 0 unspecified atom stereocenters. The van der Waals surface area contributed by atoms with Crippen molar-refractivity contribution in [2.75, 3.05) is 0 Å². The predicted octanol–water partition coefficient (Wildman–Crippen LogP) is 3.41. The van der Waals surface area contributed by atoms with E-state index in [1.165, 1.54) is 6.07 Å². The molecule has 0 aromatic heterocycles. The number of hydrogen-bond donors (Lipinski definition) is 0. The summed E-state index contributed by atoms with van der Waals surface area (Å²) in [4.78, 5) is 0. The summed E-state index contributed by atoms with van der Waals surface area (Å²) in [6.45, 7) is 4.06. The fraction of sp³-hybridized carbons (Fsp3) is 0.417. The van der Waals surface area contributed by atoms with E-state index in [1.54, 1.807) is 6.07 Å². The second-order valence-electron chi connectivity index (χ2n) is 3.71. The maximum absolute atomic E-state index is 13.1. The molecular formula is C12H14FN. The van der Waals surface area contributed by atoms with Crippen molar-refractivity contribution in [1.29, 1.82) is 5.26 Å². The van der Waals surface area contributed by atoms with Gasteiger partial charge in [-0.1, -0.05) is 19.9 Å². The van der Waals surface area contributed by atoms with Crippen LogP contribution in [0.1, 0.15) is 37.3 Å². The van der Waals surface area contributed by atoms with Crippen molar-refractivity contribution in [2.24, 2.45) is 0 Å². The maximum Gasteiger partial charge on any atom is 0.123 e. The van der Waals surface area contributed by atoms with Crippen molar-refractivity contribution in [3.63, 3.8) is 0 Å². The van der Waals surface area contributed by atoms with E-state index >= 15 is 0 Å². The van der Waals surface area contributed by atoms with Gasteiger partial charge in [0.1, 0.15) is 5.82 Å². The molecule has 0 atom stereocenters. The molecule has 0 aliphatic carbocycles. The van der Waals surface area contributed by atoms with Crippen LogP contribution in [0.5, 0.6) is 0 Å². The summed E-state index contributed by atoms with van der Waals surface area (Å²) in [6.07, 6.45) is 1.08. The molecule has 1 rings (SSSR count). The minimum Gasteiger partial charge on any atom is -0.207 e. The average Bonchev–Trinajstić information content (AvgIpc) is 2.14. The van der Waals surface area contributed by atoms with Gasteiger partial charge >= 0.3 is 0 Å². The van der Waals surface area contributed by atoms with Crippen molar-refractivity contribution in [3.8, 4) is 6.07 Å². The predicted molar refractivity (Wildman–Crippen MR) is 54.4 cm³/mol. The van der Waals surface area contributed by atoms with E-state index in [-0.39, 0.29) is 5.82 Å². The van der Waals surface area contributed by atoms with Crippen molar-refractivity contribution >= 4 is 0 Å². The Morgan fingerprint density at radius 1 is 1.36 bits per heavy atom. The highest BCUT2D eigenvalue weighted by atomic mass is 19.1. The third kappa shape index (κ3) is 2.85. The van der Waals surface area contributed by atoms with Crippen LogP contribution in [0.15, 0.2) is 18.2 Å². The zero-order valence-electron chi connectivity index (χ0n) is 8.55. The van der Waals surface area contributed by atoms with Crippen molar-refractivity contribution in [2.45, 2.75) is 32.6 Å². The Labute approximate surface area is 84.2 Å². The molecule has 0 saturated carbocycles. The van der Waals surface area contributed by atoms with Gasteiger partial charge in [0.25, 0.3) is 0 Å². The van der Waals surface area contributed by atoms with Gasteiger partial charge in [-0.15, -0.1) is 0 Å². The first-order valence-electron chi connectivity index (χ1n) is 4.80. The van der Waals surface area contributed by atoms with Gasteiger partial charge in [0.05, 0.1) is 6.07 Å². The van der Waals surface area contributed by atoms with Crippen LogP contribution in [-0.4, -0.2) is 0 Å². The van der Waals surface area contributed by atoms with Crippen molar-refractivity contribution < 1.29 is 4.39 Å². The minimum absolute atomic E-state index is 0.205. The lowest BCUT2D eigenvalue weighted by atomic mass is 9.99. The number of nitrogens with zero attached hydrogens (tertiary/aromatic N) is 1. The van der Waals surface area contributed by atoms with Crippen LogP contribution in [-0.2, 0) is 6.42 Å². The molecular weight excluding hydrogens is 177 g/mol. The lowest BCUT2D eigenvalue weighted by molar-refractivity contribution is 0.620. The zero-order chi connectivity index (χ0) is 10.6. The Morgan fingerprint density at radius 3 is 2.64 bits per heavy atom. The highest BCUT2D eigenvalue weighted by Gasteiger charge is 2.03. The monoisotopic (exact) mass is 191 g/mol. The van der Waals surface area contributed by atoms with Gasteiger partial charge in [-0.3, -0.25) is 0 Å². The highest BCUT2D eigenvalue weighted by molar-refractivity contribution is 5.27. The van der Waals surface area contributed by atoms with E-state index < -0.39 is 0 Å². The van der Waals surface area contributed by atoms with Gasteiger partial charge in [-0.05, 0) is 35.6 Å². The summed E-state index contributed by atoms with van der Waals surface area (Å²) in [5.74, 6) is 0.121. The molecule has 0 amide bonds. The fourth-order valence-electron chi connectivity index (χ4n) is 1.35. The lowest BCUT2D eigenvalue weighted by Gasteiger charge is -2.07. The van der Waals surface area contributed by atoms with Gasteiger partial charge in [-0.2, -0.15) is 5.26 Å². The number of hydrogen-bond acceptors (Lipinski definition) is 1. The molecule has 0 fully saturated rings. The van der Waals surface area contributed by atoms with E-state index in [0.717, 1.165) is 11.1 Å². The van der Waals surface area contributed by atoms with Gasteiger partial charge in [0, 0.05) is 6.42 Å². The summed E-state index contributed by atoms with van der Waals surface area (Å²) in [7, 11) is 0. The van der Waals surface area contributed by atoms with E-state index in [4.69, 9.17) is 5.26 Å². The average molecular weight is 191 g/mol. The van der Waals surface area contributed by atoms with Crippen LogP contribution in [0.2, 0.25) is 0 Å². The molecule has 0 heterocycles. The third-order valence-corrected chi connectivity index (χ3v) is 2.17. The summed E-state index contributed by atoms with van der Waals surface area (Å²) in [6, 6.07) is 7.10. The van der Waals surface area contributed by atoms with Crippen molar-refractivity contribution in [3.05, 3.63) is 35.1 Å². The van der Waals surface area contributed by atoms with E-state index in [2.05, 4.69) is 6.07 Å². The standard InChI is InChI=1S/C12H14FN/c1-9(2)11-6-10(4-3-5-14)7-12(13)8-11/h6-9H,3-4H2,1-2H3. The van der Waals surface area contributed by atoms with Crippen LogP contribution >= 0.6 is 0 Å². The first kappa shape index (κ1) is 10.7. The summed E-state index contributed by atoms with van der Waals surface area (Å²) in [5, 5.41) is 8.43. The molecule has 2 heteroatoms. The molecule has 0 spiro atoms. The summed E-state index contributed by atoms with van der Waals surface area (Å²) < 4.78 is 13.1. The molecule has 74 valence electrons. The second kappa shape index (κ2) is 4.76. The number of aryl methyl sites for hydroxylation is 1. The molecule has 1 nitrogen and oxygen atoms in total. The Bertz CT molecular complexity index is 350. The molecule has 0 N–H and O–H groups in total. The number of rotatable bonds is 3. The normalized spacial score (nSPS) is 10.2. The Balaban J connectivity index is 2.90. The van der Waals surface area contributed by atoms with Crippen LogP contribution in [0, 0.1) is 17.1 Å².